The molecule has 0 saturated heterocycles. The van der Waals surface area contributed by atoms with Gasteiger partial charge in [0.25, 0.3) is 0 Å². The van der Waals surface area contributed by atoms with Crippen molar-refractivity contribution in [1.82, 2.24) is 5.32 Å². The smallest absolute Gasteiger partial charge is 0.323 e. The summed E-state index contributed by atoms with van der Waals surface area (Å²) in [6.45, 7) is 5.36. The van der Waals surface area contributed by atoms with Crippen molar-refractivity contribution in [3.8, 4) is 0 Å². The lowest BCUT2D eigenvalue weighted by Crippen LogP contribution is -2.50. The molecule has 0 aromatic heterocycles. The molecule has 1 aliphatic rings. The standard InChI is InChI=1S/C13H25NO3/c1-3-4-9-17-10-5-8-13(2,12(15)16)14-11-6-7-11/h11,14H,3-10H2,1-2H3,(H,15,16). The number of carboxylic acids is 1. The maximum atomic E-state index is 11.2. The fourth-order valence-corrected chi connectivity index (χ4v) is 1.80. The molecule has 0 aliphatic heterocycles. The van der Waals surface area contributed by atoms with E-state index in [1.54, 1.807) is 6.92 Å². The van der Waals surface area contributed by atoms with Crippen molar-refractivity contribution >= 4 is 5.97 Å². The van der Waals surface area contributed by atoms with E-state index < -0.39 is 11.5 Å². The summed E-state index contributed by atoms with van der Waals surface area (Å²) < 4.78 is 5.45. The Kier molecular flexibility index (Phi) is 5.92. The summed E-state index contributed by atoms with van der Waals surface area (Å²) in [6.07, 6.45) is 5.86. The van der Waals surface area contributed by atoms with Crippen LogP contribution in [0.4, 0.5) is 0 Å². The second kappa shape index (κ2) is 6.97. The molecular formula is C13H25NO3. The van der Waals surface area contributed by atoms with Gasteiger partial charge < -0.3 is 9.84 Å². The van der Waals surface area contributed by atoms with E-state index in [2.05, 4.69) is 12.2 Å². The van der Waals surface area contributed by atoms with E-state index in [4.69, 9.17) is 4.74 Å². The molecule has 0 aromatic rings. The first-order chi connectivity index (χ1) is 8.08. The van der Waals surface area contributed by atoms with Crippen LogP contribution in [-0.2, 0) is 9.53 Å². The van der Waals surface area contributed by atoms with Crippen molar-refractivity contribution in [3.63, 3.8) is 0 Å². The number of aliphatic carboxylic acids is 1. The number of hydrogen-bond acceptors (Lipinski definition) is 3. The van der Waals surface area contributed by atoms with Gasteiger partial charge in [0.1, 0.15) is 5.54 Å². The van der Waals surface area contributed by atoms with Crippen LogP contribution < -0.4 is 5.32 Å². The maximum Gasteiger partial charge on any atom is 0.323 e. The summed E-state index contributed by atoms with van der Waals surface area (Å²) in [5.41, 5.74) is -0.782. The van der Waals surface area contributed by atoms with E-state index in [0.717, 1.165) is 38.7 Å². The Morgan fingerprint density at radius 1 is 1.41 bits per heavy atom. The first-order valence-electron chi connectivity index (χ1n) is 6.67. The second-order valence-electron chi connectivity index (χ2n) is 5.13. The van der Waals surface area contributed by atoms with Gasteiger partial charge in [-0.2, -0.15) is 0 Å². The van der Waals surface area contributed by atoms with E-state index in [0.29, 0.717) is 19.1 Å². The van der Waals surface area contributed by atoms with Gasteiger partial charge in [0.2, 0.25) is 0 Å². The van der Waals surface area contributed by atoms with Gasteiger partial charge >= 0.3 is 5.97 Å². The van der Waals surface area contributed by atoms with Crippen LogP contribution in [0.1, 0.15) is 52.4 Å². The van der Waals surface area contributed by atoms with Gasteiger partial charge in [0, 0.05) is 19.3 Å². The van der Waals surface area contributed by atoms with Crippen molar-refractivity contribution in [2.45, 2.75) is 64.0 Å². The van der Waals surface area contributed by atoms with Gasteiger partial charge in [0.15, 0.2) is 0 Å². The van der Waals surface area contributed by atoms with E-state index >= 15 is 0 Å². The Morgan fingerprint density at radius 2 is 2.06 bits per heavy atom. The molecule has 1 fully saturated rings. The summed E-state index contributed by atoms with van der Waals surface area (Å²) in [5.74, 6) is -0.752. The molecule has 1 atom stereocenters. The average Bonchev–Trinajstić information content (AvgIpc) is 3.07. The minimum absolute atomic E-state index is 0.414. The number of carboxylic acid groups (broad SMARTS) is 1. The average molecular weight is 243 g/mol. The first kappa shape index (κ1) is 14.5. The quantitative estimate of drug-likeness (QED) is 0.577. The highest BCUT2D eigenvalue weighted by Crippen LogP contribution is 2.25. The highest BCUT2D eigenvalue weighted by Gasteiger charge is 2.37. The molecule has 0 bridgehead atoms. The van der Waals surface area contributed by atoms with Gasteiger partial charge in [-0.25, -0.2) is 0 Å². The molecule has 1 rings (SSSR count). The Hall–Kier alpha value is -0.610. The highest BCUT2D eigenvalue weighted by molar-refractivity contribution is 5.78. The molecule has 1 saturated carbocycles. The van der Waals surface area contributed by atoms with Crippen LogP contribution in [0.25, 0.3) is 0 Å². The lowest BCUT2D eigenvalue weighted by Gasteiger charge is -2.26. The van der Waals surface area contributed by atoms with Crippen LogP contribution in [0.2, 0.25) is 0 Å². The van der Waals surface area contributed by atoms with Crippen LogP contribution in [0.15, 0.2) is 0 Å². The van der Waals surface area contributed by atoms with Gasteiger partial charge in [-0.15, -0.1) is 0 Å². The number of ether oxygens (including phenoxy) is 1. The van der Waals surface area contributed by atoms with Gasteiger partial charge in [-0.3, -0.25) is 10.1 Å². The normalized spacial score (nSPS) is 18.9. The monoisotopic (exact) mass is 243 g/mol. The Morgan fingerprint density at radius 3 is 2.59 bits per heavy atom. The van der Waals surface area contributed by atoms with Crippen molar-refractivity contribution in [1.29, 1.82) is 0 Å². The highest BCUT2D eigenvalue weighted by atomic mass is 16.5. The van der Waals surface area contributed by atoms with Crippen molar-refractivity contribution < 1.29 is 14.6 Å². The third kappa shape index (κ3) is 5.50. The number of carbonyl (C=O) groups is 1. The van der Waals surface area contributed by atoms with Gasteiger partial charge in [-0.05, 0) is 39.0 Å². The zero-order valence-corrected chi connectivity index (χ0v) is 11.0. The van der Waals surface area contributed by atoms with Gasteiger partial charge in [0.05, 0.1) is 0 Å². The van der Waals surface area contributed by atoms with E-state index in [1.807, 2.05) is 0 Å². The van der Waals surface area contributed by atoms with Crippen LogP contribution in [0.3, 0.4) is 0 Å². The van der Waals surface area contributed by atoms with E-state index in [-0.39, 0.29) is 0 Å². The Balaban J connectivity index is 2.17. The lowest BCUT2D eigenvalue weighted by molar-refractivity contribution is -0.144. The fourth-order valence-electron chi connectivity index (χ4n) is 1.80. The summed E-state index contributed by atoms with van der Waals surface area (Å²) in [6, 6.07) is 0.414. The topological polar surface area (TPSA) is 58.6 Å². The summed E-state index contributed by atoms with van der Waals surface area (Å²) in [5, 5.41) is 12.5. The van der Waals surface area contributed by atoms with Crippen LogP contribution in [-0.4, -0.2) is 35.9 Å². The predicted molar refractivity (Wildman–Crippen MR) is 67.2 cm³/mol. The molecular weight excluding hydrogens is 218 g/mol. The Bertz CT molecular complexity index is 241. The molecule has 1 unspecified atom stereocenters. The fraction of sp³-hybridized carbons (Fsp3) is 0.923. The molecule has 1 aliphatic carbocycles. The number of hydrogen-bond donors (Lipinski definition) is 2. The predicted octanol–water partition coefficient (Wildman–Crippen LogP) is 2.18. The number of rotatable bonds is 10. The van der Waals surface area contributed by atoms with Crippen LogP contribution in [0, 0.1) is 0 Å². The third-order valence-corrected chi connectivity index (χ3v) is 3.18. The molecule has 4 heteroatoms. The van der Waals surface area contributed by atoms with Crippen molar-refractivity contribution in [2.24, 2.45) is 0 Å². The molecule has 0 spiro atoms. The molecule has 2 N–H and O–H groups in total. The largest absolute Gasteiger partial charge is 0.480 e. The zero-order valence-electron chi connectivity index (χ0n) is 11.0. The number of unbranched alkanes of at least 4 members (excludes halogenated alkanes) is 1. The molecule has 17 heavy (non-hydrogen) atoms. The molecule has 4 nitrogen and oxygen atoms in total. The third-order valence-electron chi connectivity index (χ3n) is 3.18. The first-order valence-corrected chi connectivity index (χ1v) is 6.67. The Labute approximate surface area is 104 Å². The molecule has 0 amide bonds. The SMILES string of the molecule is CCCCOCCCC(C)(NC1CC1)C(=O)O. The van der Waals surface area contributed by atoms with Crippen LogP contribution in [0.5, 0.6) is 0 Å². The second-order valence-corrected chi connectivity index (χ2v) is 5.13. The number of nitrogens with one attached hydrogen (secondary N) is 1. The molecule has 0 heterocycles. The summed E-state index contributed by atoms with van der Waals surface area (Å²) in [7, 11) is 0. The van der Waals surface area contributed by atoms with Gasteiger partial charge in [-0.1, -0.05) is 13.3 Å². The lowest BCUT2D eigenvalue weighted by atomic mass is 9.96. The molecule has 100 valence electrons. The minimum atomic E-state index is -0.782. The van der Waals surface area contributed by atoms with Crippen molar-refractivity contribution in [2.75, 3.05) is 13.2 Å². The summed E-state index contributed by atoms with van der Waals surface area (Å²) >= 11 is 0. The maximum absolute atomic E-state index is 11.2. The van der Waals surface area contributed by atoms with Crippen LogP contribution >= 0.6 is 0 Å². The molecule has 0 radical (unpaired) electrons. The molecule has 0 aromatic carbocycles. The van der Waals surface area contributed by atoms with E-state index in [1.165, 1.54) is 0 Å². The summed E-state index contributed by atoms with van der Waals surface area (Å²) in [4.78, 5) is 11.2. The minimum Gasteiger partial charge on any atom is -0.480 e. The van der Waals surface area contributed by atoms with E-state index in [9.17, 15) is 9.90 Å². The zero-order chi connectivity index (χ0) is 12.7. The van der Waals surface area contributed by atoms with Crippen molar-refractivity contribution in [3.05, 3.63) is 0 Å².